The molecule has 5 heteroatoms. The van der Waals surface area contributed by atoms with Gasteiger partial charge in [-0.3, -0.25) is 4.79 Å². The van der Waals surface area contributed by atoms with Crippen molar-refractivity contribution in [3.05, 3.63) is 35.6 Å². The van der Waals surface area contributed by atoms with Gasteiger partial charge in [-0.05, 0) is 68.6 Å². The molecule has 1 aromatic carbocycles. The smallest absolute Gasteiger partial charge is 0.223 e. The van der Waals surface area contributed by atoms with Gasteiger partial charge in [-0.1, -0.05) is 12.1 Å². The van der Waals surface area contributed by atoms with Gasteiger partial charge >= 0.3 is 0 Å². The van der Waals surface area contributed by atoms with E-state index in [4.69, 9.17) is 9.47 Å². The molecule has 27 heavy (non-hydrogen) atoms. The molecule has 2 saturated carbocycles. The maximum atomic E-state index is 13.4. The summed E-state index contributed by atoms with van der Waals surface area (Å²) in [5.41, 5.74) is 0.656. The van der Waals surface area contributed by atoms with Gasteiger partial charge < -0.3 is 14.4 Å². The summed E-state index contributed by atoms with van der Waals surface area (Å²) in [6.45, 7) is 1.61. The number of rotatable bonds is 7. The minimum atomic E-state index is -0.248. The van der Waals surface area contributed by atoms with Crippen LogP contribution >= 0.6 is 0 Å². The molecular formula is C22H30FNO3. The highest BCUT2D eigenvalue weighted by atomic mass is 19.1. The van der Waals surface area contributed by atoms with Gasteiger partial charge in [-0.15, -0.1) is 0 Å². The van der Waals surface area contributed by atoms with Crippen LogP contribution in [0.15, 0.2) is 24.3 Å². The van der Waals surface area contributed by atoms with Crippen molar-refractivity contribution in [2.45, 2.75) is 69.1 Å². The topological polar surface area (TPSA) is 38.8 Å². The van der Waals surface area contributed by atoms with Crippen molar-refractivity contribution in [1.82, 2.24) is 4.90 Å². The number of halogens is 1. The normalized spacial score (nSPS) is 30.4. The van der Waals surface area contributed by atoms with E-state index in [1.54, 1.807) is 13.2 Å². The largest absolute Gasteiger partial charge is 0.378 e. The first-order valence-corrected chi connectivity index (χ1v) is 10.3. The Morgan fingerprint density at radius 2 is 2.15 bits per heavy atom. The van der Waals surface area contributed by atoms with Crippen LogP contribution in [-0.2, 0) is 20.7 Å². The summed E-state index contributed by atoms with van der Waals surface area (Å²) in [6.07, 6.45) is 7.54. The number of methoxy groups -OCH3 is 1. The number of aryl methyl sites for hydroxylation is 1. The maximum absolute atomic E-state index is 13.4. The van der Waals surface area contributed by atoms with Gasteiger partial charge in [-0.2, -0.15) is 0 Å². The highest BCUT2D eigenvalue weighted by Crippen LogP contribution is 2.44. The third kappa shape index (κ3) is 4.19. The second-order valence-corrected chi connectivity index (χ2v) is 8.42. The first-order chi connectivity index (χ1) is 13.1. The molecule has 0 aromatic heterocycles. The molecule has 1 amide bonds. The quantitative estimate of drug-likeness (QED) is 0.729. The van der Waals surface area contributed by atoms with Gasteiger partial charge in [0.15, 0.2) is 0 Å². The SMILES string of the molecule is CO[C@@]12CC[C@@H](OCC3CC3)C[C@@H]1N(C(=O)CCc1cccc(F)c1)CC2. The van der Waals surface area contributed by atoms with E-state index in [2.05, 4.69) is 0 Å². The molecule has 3 aliphatic rings. The van der Waals surface area contributed by atoms with Crippen molar-refractivity contribution < 1.29 is 18.7 Å². The third-order valence-electron chi connectivity index (χ3n) is 6.64. The molecule has 1 aromatic rings. The lowest BCUT2D eigenvalue weighted by Crippen LogP contribution is -2.53. The average molecular weight is 375 g/mol. The van der Waals surface area contributed by atoms with Gasteiger partial charge in [0.1, 0.15) is 5.82 Å². The van der Waals surface area contributed by atoms with Crippen molar-refractivity contribution in [2.24, 2.45) is 5.92 Å². The summed E-state index contributed by atoms with van der Waals surface area (Å²) in [4.78, 5) is 14.9. The second kappa shape index (κ2) is 7.88. The van der Waals surface area contributed by atoms with Gasteiger partial charge in [0.2, 0.25) is 5.91 Å². The molecule has 1 aliphatic heterocycles. The Hall–Kier alpha value is -1.46. The van der Waals surface area contributed by atoms with E-state index in [1.807, 2.05) is 11.0 Å². The van der Waals surface area contributed by atoms with Crippen LogP contribution < -0.4 is 0 Å². The molecule has 2 aliphatic carbocycles. The van der Waals surface area contributed by atoms with Crippen LogP contribution in [0.25, 0.3) is 0 Å². The number of ether oxygens (including phenoxy) is 2. The molecule has 1 saturated heterocycles. The summed E-state index contributed by atoms with van der Waals surface area (Å²) in [7, 11) is 1.78. The number of benzene rings is 1. The van der Waals surface area contributed by atoms with Crippen LogP contribution in [0, 0.1) is 11.7 Å². The maximum Gasteiger partial charge on any atom is 0.223 e. The van der Waals surface area contributed by atoms with Crippen LogP contribution in [0.5, 0.6) is 0 Å². The Bertz CT molecular complexity index is 677. The minimum Gasteiger partial charge on any atom is -0.378 e. The van der Waals surface area contributed by atoms with E-state index < -0.39 is 0 Å². The Balaban J connectivity index is 1.38. The fourth-order valence-electron chi connectivity index (χ4n) is 4.76. The Kier molecular flexibility index (Phi) is 5.51. The van der Waals surface area contributed by atoms with Crippen molar-refractivity contribution in [3.8, 4) is 0 Å². The van der Waals surface area contributed by atoms with Crippen molar-refractivity contribution in [2.75, 3.05) is 20.3 Å². The van der Waals surface area contributed by atoms with Gasteiger partial charge in [0.25, 0.3) is 0 Å². The zero-order chi connectivity index (χ0) is 18.9. The van der Waals surface area contributed by atoms with Gasteiger partial charge in [0, 0.05) is 26.7 Å². The standard InChI is InChI=1S/C22H30FNO3/c1-26-22-10-9-19(27-15-17-5-6-17)14-20(22)24(12-11-22)21(25)8-7-16-3-2-4-18(23)13-16/h2-4,13,17,19-20H,5-12,14-15H2,1H3/t19-,20+,22-/m1/s1. The lowest BCUT2D eigenvalue weighted by molar-refractivity contribution is -0.141. The van der Waals surface area contributed by atoms with Crippen molar-refractivity contribution in [3.63, 3.8) is 0 Å². The third-order valence-corrected chi connectivity index (χ3v) is 6.64. The van der Waals surface area contributed by atoms with E-state index in [0.717, 1.165) is 50.3 Å². The van der Waals surface area contributed by atoms with Crippen LogP contribution in [0.2, 0.25) is 0 Å². The first-order valence-electron chi connectivity index (χ1n) is 10.3. The van der Waals surface area contributed by atoms with E-state index in [0.29, 0.717) is 12.8 Å². The molecule has 3 atom stereocenters. The lowest BCUT2D eigenvalue weighted by atomic mass is 9.79. The molecule has 1 heterocycles. The summed E-state index contributed by atoms with van der Waals surface area (Å²) in [5, 5.41) is 0. The highest BCUT2D eigenvalue weighted by molar-refractivity contribution is 5.77. The summed E-state index contributed by atoms with van der Waals surface area (Å²) >= 11 is 0. The van der Waals surface area contributed by atoms with E-state index >= 15 is 0 Å². The number of carbonyl (C=O) groups excluding carboxylic acids is 1. The number of nitrogens with zero attached hydrogens (tertiary/aromatic N) is 1. The number of fused-ring (bicyclic) bond motifs is 1. The summed E-state index contributed by atoms with van der Waals surface area (Å²) < 4.78 is 25.4. The van der Waals surface area contributed by atoms with Crippen LogP contribution in [-0.4, -0.2) is 48.8 Å². The van der Waals surface area contributed by atoms with E-state index in [-0.39, 0.29) is 29.5 Å². The number of hydrogen-bond donors (Lipinski definition) is 0. The Morgan fingerprint density at radius 1 is 1.30 bits per heavy atom. The molecular weight excluding hydrogens is 345 g/mol. The molecule has 3 fully saturated rings. The second-order valence-electron chi connectivity index (χ2n) is 8.42. The van der Waals surface area contributed by atoms with Crippen molar-refractivity contribution in [1.29, 1.82) is 0 Å². The van der Waals surface area contributed by atoms with Gasteiger partial charge in [0.05, 0.1) is 17.7 Å². The van der Waals surface area contributed by atoms with Crippen LogP contribution in [0.3, 0.4) is 0 Å². The molecule has 0 spiro atoms. The monoisotopic (exact) mass is 375 g/mol. The van der Waals surface area contributed by atoms with E-state index in [9.17, 15) is 9.18 Å². The molecule has 0 unspecified atom stereocenters. The zero-order valence-corrected chi connectivity index (χ0v) is 16.2. The first kappa shape index (κ1) is 18.9. The number of amides is 1. The number of hydrogen-bond acceptors (Lipinski definition) is 3. The molecule has 148 valence electrons. The number of carbonyl (C=O) groups is 1. The van der Waals surface area contributed by atoms with Gasteiger partial charge in [-0.25, -0.2) is 4.39 Å². The fourth-order valence-corrected chi connectivity index (χ4v) is 4.76. The zero-order valence-electron chi connectivity index (χ0n) is 16.2. The average Bonchev–Trinajstić information content (AvgIpc) is 3.43. The Labute approximate surface area is 161 Å². The molecule has 4 rings (SSSR count). The Morgan fingerprint density at radius 3 is 2.89 bits per heavy atom. The molecule has 0 radical (unpaired) electrons. The molecule has 0 bridgehead atoms. The fraction of sp³-hybridized carbons (Fsp3) is 0.682. The predicted octanol–water partition coefficient (Wildman–Crippen LogP) is 3.72. The predicted molar refractivity (Wildman–Crippen MR) is 101 cm³/mol. The van der Waals surface area contributed by atoms with Crippen LogP contribution in [0.1, 0.15) is 50.5 Å². The summed E-state index contributed by atoms with van der Waals surface area (Å²) in [6, 6.07) is 6.62. The van der Waals surface area contributed by atoms with E-state index in [1.165, 1.54) is 25.0 Å². The highest BCUT2D eigenvalue weighted by Gasteiger charge is 2.52. The van der Waals surface area contributed by atoms with Crippen LogP contribution in [0.4, 0.5) is 4.39 Å². The number of likely N-dealkylation sites (tertiary alicyclic amines) is 1. The molecule has 0 N–H and O–H groups in total. The molecule has 4 nitrogen and oxygen atoms in total. The van der Waals surface area contributed by atoms with Crippen molar-refractivity contribution >= 4 is 5.91 Å². The minimum absolute atomic E-state index is 0.0977. The lowest BCUT2D eigenvalue weighted by Gasteiger charge is -2.43. The summed E-state index contributed by atoms with van der Waals surface area (Å²) in [5.74, 6) is 0.653.